The SMILES string of the molecule is CCCCCCCCCCCCCCC(C)c1cc(C(C)(C)CC(C)(C)C)cc(C(C)c2ccccc2)c1O. The van der Waals surface area contributed by atoms with Crippen LogP contribution in [0.25, 0.3) is 0 Å². The highest BCUT2D eigenvalue weighted by Gasteiger charge is 2.30. The number of phenols is 1. The summed E-state index contributed by atoms with van der Waals surface area (Å²) >= 11 is 0. The van der Waals surface area contributed by atoms with E-state index in [9.17, 15) is 5.11 Å². The fourth-order valence-electron chi connectivity index (χ4n) is 6.57. The molecular formula is C38H62O. The molecule has 1 N–H and O–H groups in total. The van der Waals surface area contributed by atoms with Crippen LogP contribution in [0.5, 0.6) is 5.75 Å². The van der Waals surface area contributed by atoms with E-state index in [4.69, 9.17) is 0 Å². The van der Waals surface area contributed by atoms with E-state index in [1.165, 1.54) is 88.2 Å². The molecule has 2 aromatic rings. The zero-order valence-electron chi connectivity index (χ0n) is 27.0. The Labute approximate surface area is 243 Å². The standard InChI is InChI=1S/C38H62O/c1-9-10-11-12-13-14-15-16-17-18-19-21-24-30(2)34-27-33(38(7,8)29-37(4,5)6)28-35(36(34)39)31(3)32-25-22-20-23-26-32/h20,22-23,25-28,30-31,39H,9-19,21,24,29H2,1-8H3. The summed E-state index contributed by atoms with van der Waals surface area (Å²) in [5, 5.41) is 11.6. The molecule has 0 bridgehead atoms. The molecule has 0 saturated carbocycles. The number of aromatic hydroxyl groups is 1. The zero-order chi connectivity index (χ0) is 28.9. The maximum Gasteiger partial charge on any atom is 0.122 e. The van der Waals surface area contributed by atoms with Crippen LogP contribution in [-0.4, -0.2) is 5.11 Å². The van der Waals surface area contributed by atoms with Gasteiger partial charge in [-0.05, 0) is 46.3 Å². The van der Waals surface area contributed by atoms with Gasteiger partial charge in [0.1, 0.15) is 5.75 Å². The minimum Gasteiger partial charge on any atom is -0.507 e. The fraction of sp³-hybridized carbons (Fsp3) is 0.684. The lowest BCUT2D eigenvalue weighted by Crippen LogP contribution is -2.25. The van der Waals surface area contributed by atoms with E-state index in [1.807, 2.05) is 0 Å². The van der Waals surface area contributed by atoms with Crippen LogP contribution >= 0.6 is 0 Å². The van der Waals surface area contributed by atoms with E-state index >= 15 is 0 Å². The Bertz CT molecular complexity index is 933. The van der Waals surface area contributed by atoms with Crippen molar-refractivity contribution in [2.24, 2.45) is 5.41 Å². The highest BCUT2D eigenvalue weighted by atomic mass is 16.3. The van der Waals surface area contributed by atoms with Gasteiger partial charge in [0, 0.05) is 11.5 Å². The molecule has 220 valence electrons. The molecule has 1 nitrogen and oxygen atoms in total. The van der Waals surface area contributed by atoms with Crippen LogP contribution in [0.3, 0.4) is 0 Å². The third-order valence-electron chi connectivity index (χ3n) is 8.71. The minimum absolute atomic E-state index is 0.0432. The topological polar surface area (TPSA) is 20.2 Å². The lowest BCUT2D eigenvalue weighted by Gasteiger charge is -2.34. The molecule has 0 heterocycles. The number of hydrogen-bond acceptors (Lipinski definition) is 1. The number of unbranched alkanes of at least 4 members (excludes halogenated alkanes) is 11. The largest absolute Gasteiger partial charge is 0.507 e. The van der Waals surface area contributed by atoms with Crippen LogP contribution in [0, 0.1) is 5.41 Å². The minimum atomic E-state index is 0.0432. The van der Waals surface area contributed by atoms with Gasteiger partial charge in [-0.2, -0.15) is 0 Å². The van der Waals surface area contributed by atoms with Crippen molar-refractivity contribution < 1.29 is 5.11 Å². The average Bonchev–Trinajstić information content (AvgIpc) is 2.88. The third kappa shape index (κ3) is 11.7. The third-order valence-corrected chi connectivity index (χ3v) is 8.71. The zero-order valence-corrected chi connectivity index (χ0v) is 27.0. The van der Waals surface area contributed by atoms with E-state index in [2.05, 4.69) is 97.9 Å². The second kappa shape index (κ2) is 16.5. The van der Waals surface area contributed by atoms with Crippen LogP contribution in [0.15, 0.2) is 42.5 Å². The first-order valence-electron chi connectivity index (χ1n) is 16.4. The molecule has 0 aliphatic rings. The number of rotatable bonds is 18. The molecule has 0 aliphatic carbocycles. The average molecular weight is 535 g/mol. The summed E-state index contributed by atoms with van der Waals surface area (Å²) in [6.07, 6.45) is 18.8. The quantitative estimate of drug-likeness (QED) is 0.189. The van der Waals surface area contributed by atoms with Crippen molar-refractivity contribution in [1.82, 2.24) is 0 Å². The van der Waals surface area contributed by atoms with Gasteiger partial charge in [0.2, 0.25) is 0 Å². The van der Waals surface area contributed by atoms with Crippen LogP contribution in [0.4, 0.5) is 0 Å². The normalized spacial score (nSPS) is 13.9. The highest BCUT2D eigenvalue weighted by Crippen LogP contribution is 2.44. The van der Waals surface area contributed by atoms with E-state index < -0.39 is 0 Å². The summed E-state index contributed by atoms with van der Waals surface area (Å²) < 4.78 is 0. The predicted octanol–water partition coefficient (Wildman–Crippen LogP) is 12.5. The van der Waals surface area contributed by atoms with Crippen molar-refractivity contribution in [1.29, 1.82) is 0 Å². The lowest BCUT2D eigenvalue weighted by atomic mass is 9.70. The maximum atomic E-state index is 11.6. The van der Waals surface area contributed by atoms with E-state index in [-0.39, 0.29) is 16.7 Å². The lowest BCUT2D eigenvalue weighted by molar-refractivity contribution is 0.283. The molecule has 39 heavy (non-hydrogen) atoms. The summed E-state index contributed by atoms with van der Waals surface area (Å²) in [5.41, 5.74) is 5.14. The van der Waals surface area contributed by atoms with Crippen molar-refractivity contribution in [3.05, 3.63) is 64.7 Å². The van der Waals surface area contributed by atoms with Gasteiger partial charge in [-0.3, -0.25) is 0 Å². The van der Waals surface area contributed by atoms with Crippen molar-refractivity contribution in [3.8, 4) is 5.75 Å². The summed E-state index contributed by atoms with van der Waals surface area (Å²) in [5.74, 6) is 1.04. The Morgan fingerprint density at radius 2 is 1.15 bits per heavy atom. The van der Waals surface area contributed by atoms with Gasteiger partial charge in [-0.1, -0.05) is 175 Å². The van der Waals surface area contributed by atoms with Crippen LogP contribution in [0.2, 0.25) is 0 Å². The van der Waals surface area contributed by atoms with E-state index in [0.29, 0.717) is 11.7 Å². The highest BCUT2D eigenvalue weighted by molar-refractivity contribution is 5.51. The Kier molecular flexibility index (Phi) is 14.1. The molecule has 0 saturated heterocycles. The maximum absolute atomic E-state index is 11.6. The molecule has 1 heteroatoms. The molecule has 2 rings (SSSR count). The fourth-order valence-corrected chi connectivity index (χ4v) is 6.57. The molecule has 0 fully saturated rings. The predicted molar refractivity (Wildman–Crippen MR) is 173 cm³/mol. The summed E-state index contributed by atoms with van der Waals surface area (Å²) in [4.78, 5) is 0. The smallest absolute Gasteiger partial charge is 0.122 e. The summed E-state index contributed by atoms with van der Waals surface area (Å²) in [6, 6.07) is 15.3. The van der Waals surface area contributed by atoms with Crippen molar-refractivity contribution in [2.45, 2.75) is 163 Å². The van der Waals surface area contributed by atoms with Crippen molar-refractivity contribution in [3.63, 3.8) is 0 Å². The second-order valence-corrected chi connectivity index (χ2v) is 14.3. The molecule has 0 aliphatic heterocycles. The Hall–Kier alpha value is -1.76. The van der Waals surface area contributed by atoms with Crippen LogP contribution in [-0.2, 0) is 5.41 Å². The molecule has 0 amide bonds. The summed E-state index contributed by atoms with van der Waals surface area (Å²) in [6.45, 7) is 18.6. The first kappa shape index (κ1) is 33.4. The van der Waals surface area contributed by atoms with Crippen LogP contribution in [0.1, 0.15) is 179 Å². The van der Waals surface area contributed by atoms with Crippen LogP contribution < -0.4 is 0 Å². The van der Waals surface area contributed by atoms with Gasteiger partial charge in [0.25, 0.3) is 0 Å². The van der Waals surface area contributed by atoms with Gasteiger partial charge in [0.15, 0.2) is 0 Å². The molecule has 0 aromatic heterocycles. The monoisotopic (exact) mass is 534 g/mol. The van der Waals surface area contributed by atoms with Gasteiger partial charge >= 0.3 is 0 Å². The molecule has 0 radical (unpaired) electrons. The second-order valence-electron chi connectivity index (χ2n) is 14.3. The first-order chi connectivity index (χ1) is 18.5. The Morgan fingerprint density at radius 3 is 1.67 bits per heavy atom. The van der Waals surface area contributed by atoms with Gasteiger partial charge in [-0.15, -0.1) is 0 Å². The van der Waals surface area contributed by atoms with E-state index in [1.54, 1.807) is 0 Å². The molecule has 2 aromatic carbocycles. The number of hydrogen-bond donors (Lipinski definition) is 1. The summed E-state index contributed by atoms with van der Waals surface area (Å²) in [7, 11) is 0. The number of benzene rings is 2. The number of phenolic OH excluding ortho intramolecular Hbond substituents is 1. The van der Waals surface area contributed by atoms with Gasteiger partial charge in [-0.25, -0.2) is 0 Å². The first-order valence-corrected chi connectivity index (χ1v) is 16.4. The van der Waals surface area contributed by atoms with E-state index in [0.717, 1.165) is 24.0 Å². The Balaban J connectivity index is 2.04. The van der Waals surface area contributed by atoms with Crippen molar-refractivity contribution in [2.75, 3.05) is 0 Å². The van der Waals surface area contributed by atoms with Crippen molar-refractivity contribution >= 4 is 0 Å². The van der Waals surface area contributed by atoms with Gasteiger partial charge in [0.05, 0.1) is 0 Å². The van der Waals surface area contributed by atoms with Gasteiger partial charge < -0.3 is 5.11 Å². The molecular weight excluding hydrogens is 472 g/mol. The molecule has 2 unspecified atom stereocenters. The molecule has 0 spiro atoms. The Morgan fingerprint density at radius 1 is 0.667 bits per heavy atom. The molecule has 2 atom stereocenters.